The normalized spacial score (nSPS) is 15.2. The van der Waals surface area contributed by atoms with Gasteiger partial charge in [0.15, 0.2) is 0 Å². The number of rotatable bonds is 11. The predicted octanol–water partition coefficient (Wildman–Crippen LogP) is 5.16. The molecule has 1 aliphatic heterocycles. The second-order valence-corrected chi connectivity index (χ2v) is 11.6. The lowest BCUT2D eigenvalue weighted by Gasteiger charge is -2.23. The number of piperidine rings is 1. The van der Waals surface area contributed by atoms with Crippen molar-refractivity contribution < 1.29 is 17.9 Å². The van der Waals surface area contributed by atoms with E-state index in [0.29, 0.717) is 42.0 Å². The molecule has 0 unspecified atom stereocenters. The SMILES string of the molecule is COCCCS(=O)(=O)Nc1cccc2c(Oc3ncccc3-c3ccnc(N[C@H]4CCCNC4)n3)c(C)ccc12.Cl. The van der Waals surface area contributed by atoms with Gasteiger partial charge in [0, 0.05) is 49.5 Å². The third-order valence-corrected chi connectivity index (χ3v) is 8.12. The quantitative estimate of drug-likeness (QED) is 0.201. The molecule has 0 radical (unpaired) electrons. The van der Waals surface area contributed by atoms with Gasteiger partial charge in [-0.2, -0.15) is 0 Å². The van der Waals surface area contributed by atoms with Crippen molar-refractivity contribution in [3.63, 3.8) is 0 Å². The molecule has 3 heterocycles. The van der Waals surface area contributed by atoms with Crippen LogP contribution in [0.1, 0.15) is 24.8 Å². The van der Waals surface area contributed by atoms with E-state index in [-0.39, 0.29) is 24.2 Å². The van der Waals surface area contributed by atoms with Crippen LogP contribution in [0.25, 0.3) is 22.0 Å². The molecule has 1 atom stereocenters. The number of ether oxygens (including phenoxy) is 2. The highest BCUT2D eigenvalue weighted by atomic mass is 35.5. The number of nitrogens with zero attached hydrogens (tertiary/aromatic N) is 3. The van der Waals surface area contributed by atoms with E-state index in [1.165, 1.54) is 0 Å². The van der Waals surface area contributed by atoms with Gasteiger partial charge in [-0.25, -0.2) is 23.4 Å². The van der Waals surface area contributed by atoms with Crippen LogP contribution in [-0.2, 0) is 14.8 Å². The summed E-state index contributed by atoms with van der Waals surface area (Å²) in [6.07, 6.45) is 5.98. The summed E-state index contributed by atoms with van der Waals surface area (Å²) in [5, 5.41) is 8.31. The number of anilines is 2. The molecule has 1 fully saturated rings. The zero-order chi connectivity index (χ0) is 28.0. The molecule has 41 heavy (non-hydrogen) atoms. The Bertz CT molecular complexity index is 1580. The van der Waals surface area contributed by atoms with Crippen LogP contribution in [0.15, 0.2) is 60.9 Å². The minimum Gasteiger partial charge on any atom is -0.437 e. The fraction of sp³-hybridized carbons (Fsp3) is 0.345. The number of nitrogens with one attached hydrogen (secondary N) is 3. The topological polar surface area (TPSA) is 127 Å². The second kappa shape index (κ2) is 13.9. The van der Waals surface area contributed by atoms with E-state index in [9.17, 15) is 8.42 Å². The number of aryl methyl sites for hydroxylation is 1. The molecule has 2 aromatic heterocycles. The van der Waals surface area contributed by atoms with Gasteiger partial charge in [0.05, 0.1) is 22.7 Å². The third-order valence-electron chi connectivity index (χ3n) is 6.77. The molecular weight excluding hydrogens is 564 g/mol. The summed E-state index contributed by atoms with van der Waals surface area (Å²) in [5.41, 5.74) is 2.79. The lowest BCUT2D eigenvalue weighted by atomic mass is 10.0. The van der Waals surface area contributed by atoms with Crippen molar-refractivity contribution in [1.29, 1.82) is 0 Å². The Morgan fingerprint density at radius 1 is 1.05 bits per heavy atom. The lowest BCUT2D eigenvalue weighted by molar-refractivity contribution is 0.199. The molecule has 0 spiro atoms. The summed E-state index contributed by atoms with van der Waals surface area (Å²) in [7, 11) is -1.99. The van der Waals surface area contributed by atoms with Crippen molar-refractivity contribution in [3.05, 3.63) is 66.5 Å². The highest BCUT2D eigenvalue weighted by Gasteiger charge is 2.18. The van der Waals surface area contributed by atoms with E-state index < -0.39 is 10.0 Å². The number of pyridine rings is 1. The van der Waals surface area contributed by atoms with Gasteiger partial charge in [-0.05, 0) is 62.6 Å². The van der Waals surface area contributed by atoms with Crippen LogP contribution in [-0.4, -0.2) is 62.0 Å². The van der Waals surface area contributed by atoms with Crippen LogP contribution in [0.3, 0.4) is 0 Å². The van der Waals surface area contributed by atoms with Crippen LogP contribution >= 0.6 is 12.4 Å². The smallest absolute Gasteiger partial charge is 0.232 e. The largest absolute Gasteiger partial charge is 0.437 e. The maximum Gasteiger partial charge on any atom is 0.232 e. The third kappa shape index (κ3) is 7.62. The molecule has 1 aliphatic rings. The molecule has 2 aromatic carbocycles. The first kappa shape index (κ1) is 30.4. The van der Waals surface area contributed by atoms with Gasteiger partial charge in [-0.3, -0.25) is 4.72 Å². The van der Waals surface area contributed by atoms with Crippen molar-refractivity contribution in [2.75, 3.05) is 42.6 Å². The molecule has 4 aromatic rings. The average molecular weight is 599 g/mol. The summed E-state index contributed by atoms with van der Waals surface area (Å²) < 4.78 is 39.6. The molecule has 0 amide bonds. The van der Waals surface area contributed by atoms with Crippen molar-refractivity contribution in [2.45, 2.75) is 32.2 Å². The van der Waals surface area contributed by atoms with Crippen LogP contribution in [0.4, 0.5) is 11.6 Å². The fourth-order valence-corrected chi connectivity index (χ4v) is 5.89. The van der Waals surface area contributed by atoms with Gasteiger partial charge < -0.3 is 20.1 Å². The predicted molar refractivity (Wildman–Crippen MR) is 165 cm³/mol. The molecule has 3 N–H and O–H groups in total. The number of hydrogen-bond donors (Lipinski definition) is 3. The maximum absolute atomic E-state index is 12.7. The first-order valence-corrected chi connectivity index (χ1v) is 15.0. The van der Waals surface area contributed by atoms with Crippen molar-refractivity contribution in [3.8, 4) is 22.9 Å². The molecule has 12 heteroatoms. The van der Waals surface area contributed by atoms with E-state index in [1.54, 1.807) is 25.6 Å². The first-order valence-electron chi connectivity index (χ1n) is 13.4. The summed E-state index contributed by atoms with van der Waals surface area (Å²) in [6, 6.07) is 15.1. The van der Waals surface area contributed by atoms with Gasteiger partial charge in [-0.15, -0.1) is 12.4 Å². The van der Waals surface area contributed by atoms with Crippen molar-refractivity contribution in [2.24, 2.45) is 0 Å². The number of hydrogen-bond acceptors (Lipinski definition) is 9. The fourth-order valence-electron chi connectivity index (χ4n) is 4.78. The Balaban J connectivity index is 0.00000387. The average Bonchev–Trinajstić information content (AvgIpc) is 2.95. The zero-order valence-electron chi connectivity index (χ0n) is 23.1. The van der Waals surface area contributed by atoms with Gasteiger partial charge in [0.2, 0.25) is 21.9 Å². The first-order chi connectivity index (χ1) is 19.4. The van der Waals surface area contributed by atoms with Crippen molar-refractivity contribution >= 4 is 44.8 Å². The van der Waals surface area contributed by atoms with Gasteiger partial charge in [0.25, 0.3) is 0 Å². The summed E-state index contributed by atoms with van der Waals surface area (Å²) in [6.45, 7) is 4.23. The van der Waals surface area contributed by atoms with E-state index in [1.807, 2.05) is 49.4 Å². The maximum atomic E-state index is 12.7. The highest BCUT2D eigenvalue weighted by molar-refractivity contribution is 7.92. The number of aromatic nitrogens is 3. The van der Waals surface area contributed by atoms with E-state index >= 15 is 0 Å². The number of halogens is 1. The van der Waals surface area contributed by atoms with Crippen LogP contribution in [0.2, 0.25) is 0 Å². The minimum atomic E-state index is -3.55. The highest BCUT2D eigenvalue weighted by Crippen LogP contribution is 2.38. The Morgan fingerprint density at radius 2 is 1.93 bits per heavy atom. The molecule has 0 aliphatic carbocycles. The molecule has 5 rings (SSSR count). The Hall–Kier alpha value is -3.51. The standard InChI is InChI=1S/C29H34N6O4S.ClH/c1-20-11-12-22-23(8-3-10-26(22)35-40(36,37)18-6-17-38-2)27(20)39-28-24(9-5-15-31-28)25-13-16-32-29(34-25)33-21-7-4-14-30-19-21;/h3,5,8-13,15-16,21,30,35H,4,6-7,14,17-19H2,1-2H3,(H,32,33,34);1H/t21-;/m0./s1. The second-order valence-electron chi connectivity index (χ2n) is 9.79. The van der Waals surface area contributed by atoms with Gasteiger partial charge >= 0.3 is 0 Å². The Morgan fingerprint density at radius 3 is 2.73 bits per heavy atom. The number of sulfonamides is 1. The van der Waals surface area contributed by atoms with Gasteiger partial charge in [0.1, 0.15) is 5.75 Å². The monoisotopic (exact) mass is 598 g/mol. The molecule has 10 nitrogen and oxygen atoms in total. The number of fused-ring (bicyclic) bond motifs is 1. The van der Waals surface area contributed by atoms with E-state index in [2.05, 4.69) is 25.3 Å². The molecule has 0 bridgehead atoms. The van der Waals surface area contributed by atoms with E-state index in [4.69, 9.17) is 14.5 Å². The van der Waals surface area contributed by atoms with Crippen LogP contribution < -0.4 is 20.1 Å². The minimum absolute atomic E-state index is 0. The summed E-state index contributed by atoms with van der Waals surface area (Å²) >= 11 is 0. The van der Waals surface area contributed by atoms with Crippen LogP contribution in [0, 0.1) is 6.92 Å². The number of benzene rings is 2. The molecule has 218 valence electrons. The van der Waals surface area contributed by atoms with E-state index in [0.717, 1.165) is 47.8 Å². The number of methoxy groups -OCH3 is 1. The molecule has 1 saturated heterocycles. The molecule has 0 saturated carbocycles. The van der Waals surface area contributed by atoms with Gasteiger partial charge in [-0.1, -0.05) is 24.3 Å². The summed E-state index contributed by atoms with van der Waals surface area (Å²) in [4.78, 5) is 13.7. The Labute approximate surface area is 246 Å². The zero-order valence-corrected chi connectivity index (χ0v) is 24.7. The Kier molecular flexibility index (Phi) is 10.3. The molecular formula is C29H35ClN6O4S. The lowest BCUT2D eigenvalue weighted by Crippen LogP contribution is -2.38. The van der Waals surface area contributed by atoms with Crippen molar-refractivity contribution in [1.82, 2.24) is 20.3 Å². The van der Waals surface area contributed by atoms with Crippen LogP contribution in [0.5, 0.6) is 11.6 Å². The summed E-state index contributed by atoms with van der Waals surface area (Å²) in [5.74, 6) is 1.52.